The van der Waals surface area contributed by atoms with Crippen molar-refractivity contribution < 1.29 is 4.79 Å². The monoisotopic (exact) mass is 187 g/mol. The van der Waals surface area contributed by atoms with Gasteiger partial charge in [0.2, 0.25) is 0 Å². The van der Waals surface area contributed by atoms with Crippen LogP contribution in [0.3, 0.4) is 0 Å². The predicted molar refractivity (Wildman–Crippen MR) is 54.8 cm³/mol. The maximum Gasteiger partial charge on any atom is 0.315 e. The van der Waals surface area contributed by atoms with Gasteiger partial charge in [0.05, 0.1) is 0 Å². The lowest BCUT2D eigenvalue weighted by atomic mass is 10.1. The first kappa shape index (κ1) is 12.2. The van der Waals surface area contributed by atoms with Crippen LogP contribution in [-0.2, 0) is 0 Å². The van der Waals surface area contributed by atoms with Crippen LogP contribution in [0.5, 0.6) is 0 Å². The van der Waals surface area contributed by atoms with Crippen molar-refractivity contribution in [1.82, 2.24) is 16.0 Å². The van der Waals surface area contributed by atoms with E-state index in [0.29, 0.717) is 6.54 Å². The molecule has 0 spiro atoms. The summed E-state index contributed by atoms with van der Waals surface area (Å²) in [6.07, 6.45) is 0.952. The zero-order valence-electron chi connectivity index (χ0n) is 9.03. The molecule has 0 aliphatic heterocycles. The minimum atomic E-state index is -0.160. The molecule has 4 heteroatoms. The highest BCUT2D eigenvalue weighted by molar-refractivity contribution is 5.74. The Bertz CT molecular complexity index is 151. The van der Waals surface area contributed by atoms with Crippen molar-refractivity contribution >= 4 is 6.03 Å². The van der Waals surface area contributed by atoms with Gasteiger partial charge in [0.25, 0.3) is 0 Å². The second-order valence-electron chi connectivity index (χ2n) is 4.09. The number of amides is 2. The highest BCUT2D eigenvalue weighted by atomic mass is 16.2. The second-order valence-corrected chi connectivity index (χ2v) is 4.09. The van der Waals surface area contributed by atoms with Crippen molar-refractivity contribution in [2.75, 3.05) is 20.1 Å². The molecule has 13 heavy (non-hydrogen) atoms. The van der Waals surface area contributed by atoms with E-state index in [4.69, 9.17) is 0 Å². The maximum absolute atomic E-state index is 11.2. The largest absolute Gasteiger partial charge is 0.338 e. The number of carbonyl (C=O) groups excluding carboxylic acids is 1. The SMILES string of the molecule is CNCCCNC(=O)NC(C)(C)C. The molecule has 0 aliphatic rings. The van der Waals surface area contributed by atoms with Gasteiger partial charge >= 0.3 is 6.03 Å². The number of rotatable bonds is 4. The van der Waals surface area contributed by atoms with Crippen molar-refractivity contribution in [1.29, 1.82) is 0 Å². The van der Waals surface area contributed by atoms with E-state index in [1.807, 2.05) is 27.8 Å². The summed E-state index contributed by atoms with van der Waals surface area (Å²) >= 11 is 0. The zero-order chi connectivity index (χ0) is 10.3. The molecule has 0 aromatic heterocycles. The quantitative estimate of drug-likeness (QED) is 0.567. The van der Waals surface area contributed by atoms with Gasteiger partial charge < -0.3 is 16.0 Å². The van der Waals surface area contributed by atoms with E-state index in [9.17, 15) is 4.79 Å². The molecule has 0 rings (SSSR count). The van der Waals surface area contributed by atoms with Gasteiger partial charge in [0.1, 0.15) is 0 Å². The van der Waals surface area contributed by atoms with E-state index in [-0.39, 0.29) is 11.6 Å². The van der Waals surface area contributed by atoms with Gasteiger partial charge in [-0.05, 0) is 40.8 Å². The zero-order valence-corrected chi connectivity index (χ0v) is 9.03. The summed E-state index contributed by atoms with van der Waals surface area (Å²) in [6, 6.07) is -0.0939. The summed E-state index contributed by atoms with van der Waals surface area (Å²) < 4.78 is 0. The standard InChI is InChI=1S/C9H21N3O/c1-9(2,3)12-8(13)11-7-5-6-10-4/h10H,5-7H2,1-4H3,(H2,11,12,13). The van der Waals surface area contributed by atoms with Gasteiger partial charge in [-0.3, -0.25) is 0 Å². The predicted octanol–water partition coefficient (Wildman–Crippen LogP) is 0.694. The molecule has 0 fully saturated rings. The fourth-order valence-electron chi connectivity index (χ4n) is 0.852. The highest BCUT2D eigenvalue weighted by Gasteiger charge is 2.12. The Morgan fingerprint density at radius 3 is 2.31 bits per heavy atom. The van der Waals surface area contributed by atoms with Crippen molar-refractivity contribution in [3.63, 3.8) is 0 Å². The first-order valence-electron chi connectivity index (χ1n) is 4.66. The Morgan fingerprint density at radius 2 is 1.85 bits per heavy atom. The molecule has 0 aromatic rings. The summed E-state index contributed by atoms with van der Waals surface area (Å²) in [5, 5.41) is 8.63. The third-order valence-electron chi connectivity index (χ3n) is 1.38. The highest BCUT2D eigenvalue weighted by Crippen LogP contribution is 1.96. The molecular formula is C9H21N3O. The molecule has 0 saturated heterocycles. The maximum atomic E-state index is 11.2. The molecule has 0 heterocycles. The minimum absolute atomic E-state index is 0.0939. The Kier molecular flexibility index (Phi) is 5.46. The Balaban J connectivity index is 3.41. The van der Waals surface area contributed by atoms with Crippen LogP contribution in [0.25, 0.3) is 0 Å². The smallest absolute Gasteiger partial charge is 0.315 e. The Morgan fingerprint density at radius 1 is 1.23 bits per heavy atom. The normalized spacial score (nSPS) is 11.1. The van der Waals surface area contributed by atoms with Crippen LogP contribution in [-0.4, -0.2) is 31.7 Å². The molecule has 0 aliphatic carbocycles. The van der Waals surface area contributed by atoms with E-state index in [1.165, 1.54) is 0 Å². The minimum Gasteiger partial charge on any atom is -0.338 e. The average molecular weight is 187 g/mol. The van der Waals surface area contributed by atoms with Crippen molar-refractivity contribution in [2.24, 2.45) is 0 Å². The first-order valence-corrected chi connectivity index (χ1v) is 4.66. The van der Waals surface area contributed by atoms with E-state index in [0.717, 1.165) is 13.0 Å². The third kappa shape index (κ3) is 9.14. The molecular weight excluding hydrogens is 166 g/mol. The number of carbonyl (C=O) groups is 1. The van der Waals surface area contributed by atoms with Crippen LogP contribution in [0, 0.1) is 0 Å². The molecule has 78 valence electrons. The molecule has 0 radical (unpaired) electrons. The van der Waals surface area contributed by atoms with Gasteiger partial charge in [-0.25, -0.2) is 4.79 Å². The fraction of sp³-hybridized carbons (Fsp3) is 0.889. The molecule has 0 aromatic carbocycles. The molecule has 0 unspecified atom stereocenters. The first-order chi connectivity index (χ1) is 5.95. The van der Waals surface area contributed by atoms with Crippen LogP contribution in [0.4, 0.5) is 4.79 Å². The van der Waals surface area contributed by atoms with Crippen molar-refractivity contribution in [3.05, 3.63) is 0 Å². The number of nitrogens with one attached hydrogen (secondary N) is 3. The second kappa shape index (κ2) is 5.80. The average Bonchev–Trinajstić information content (AvgIpc) is 1.94. The number of urea groups is 1. The van der Waals surface area contributed by atoms with E-state index >= 15 is 0 Å². The molecule has 0 atom stereocenters. The van der Waals surface area contributed by atoms with E-state index in [2.05, 4.69) is 16.0 Å². The van der Waals surface area contributed by atoms with Crippen molar-refractivity contribution in [3.8, 4) is 0 Å². The van der Waals surface area contributed by atoms with Crippen LogP contribution >= 0.6 is 0 Å². The lowest BCUT2D eigenvalue weighted by molar-refractivity contribution is 0.232. The fourth-order valence-corrected chi connectivity index (χ4v) is 0.852. The molecule has 0 saturated carbocycles. The van der Waals surface area contributed by atoms with Gasteiger partial charge in [-0.15, -0.1) is 0 Å². The van der Waals surface area contributed by atoms with Crippen LogP contribution in [0.15, 0.2) is 0 Å². The number of hydrogen-bond donors (Lipinski definition) is 3. The van der Waals surface area contributed by atoms with E-state index < -0.39 is 0 Å². The third-order valence-corrected chi connectivity index (χ3v) is 1.38. The summed E-state index contributed by atoms with van der Waals surface area (Å²) in [6.45, 7) is 7.51. The topological polar surface area (TPSA) is 53.2 Å². The molecule has 0 bridgehead atoms. The van der Waals surface area contributed by atoms with Crippen LogP contribution < -0.4 is 16.0 Å². The number of hydrogen-bond acceptors (Lipinski definition) is 2. The Labute approximate surface area is 80.5 Å². The van der Waals surface area contributed by atoms with Crippen LogP contribution in [0.1, 0.15) is 27.2 Å². The van der Waals surface area contributed by atoms with Crippen LogP contribution in [0.2, 0.25) is 0 Å². The van der Waals surface area contributed by atoms with Gasteiger partial charge in [-0.2, -0.15) is 0 Å². The van der Waals surface area contributed by atoms with Gasteiger partial charge in [0.15, 0.2) is 0 Å². The van der Waals surface area contributed by atoms with Gasteiger partial charge in [-0.1, -0.05) is 0 Å². The summed E-state index contributed by atoms with van der Waals surface area (Å²) in [5.74, 6) is 0. The summed E-state index contributed by atoms with van der Waals surface area (Å²) in [4.78, 5) is 11.2. The lowest BCUT2D eigenvalue weighted by Gasteiger charge is -2.20. The molecule has 4 nitrogen and oxygen atoms in total. The van der Waals surface area contributed by atoms with Crippen molar-refractivity contribution in [2.45, 2.75) is 32.7 Å². The summed E-state index contributed by atoms with van der Waals surface area (Å²) in [7, 11) is 1.90. The van der Waals surface area contributed by atoms with Gasteiger partial charge in [0, 0.05) is 12.1 Å². The van der Waals surface area contributed by atoms with E-state index in [1.54, 1.807) is 0 Å². The Hall–Kier alpha value is -0.770. The summed E-state index contributed by atoms with van der Waals surface area (Å²) in [5.41, 5.74) is -0.160. The lowest BCUT2D eigenvalue weighted by Crippen LogP contribution is -2.46. The molecule has 3 N–H and O–H groups in total. The molecule has 2 amide bonds.